The summed E-state index contributed by atoms with van der Waals surface area (Å²) < 4.78 is 10.3. The lowest BCUT2D eigenvalue weighted by molar-refractivity contribution is 0.141. The highest BCUT2D eigenvalue weighted by Crippen LogP contribution is 2.01. The molecule has 0 unspecified atom stereocenters. The van der Waals surface area contributed by atoms with Crippen LogP contribution < -0.4 is 16.1 Å². The number of guanidine groups is 1. The summed E-state index contributed by atoms with van der Waals surface area (Å²) in [7, 11) is 0. The zero-order chi connectivity index (χ0) is 21.4. The van der Waals surface area contributed by atoms with Gasteiger partial charge in [-0.25, -0.2) is 9.59 Å². The van der Waals surface area contributed by atoms with E-state index in [1.165, 1.54) is 0 Å². The van der Waals surface area contributed by atoms with Gasteiger partial charge in [0.05, 0.1) is 0 Å². The van der Waals surface area contributed by atoms with Crippen molar-refractivity contribution >= 4 is 18.1 Å². The van der Waals surface area contributed by atoms with Crippen LogP contribution in [0.25, 0.3) is 0 Å². The summed E-state index contributed by atoms with van der Waals surface area (Å²) in [5.74, 6) is -0.121. The molecular formula is C22H26N4O4. The third-order valence-electron chi connectivity index (χ3n) is 3.75. The SMILES string of the molecule is C=CCCCNN=C(NC(=O)OCc1ccccc1)NC(=O)OCc1ccccc1. The number of carbonyl (C=O) groups excluding carboxylic acids is 2. The summed E-state index contributed by atoms with van der Waals surface area (Å²) in [4.78, 5) is 24.2. The second-order valence-electron chi connectivity index (χ2n) is 6.17. The largest absolute Gasteiger partial charge is 0.444 e. The molecule has 158 valence electrons. The van der Waals surface area contributed by atoms with Crippen LogP contribution in [0, 0.1) is 0 Å². The summed E-state index contributed by atoms with van der Waals surface area (Å²) >= 11 is 0. The summed E-state index contributed by atoms with van der Waals surface area (Å²) in [6.07, 6.45) is 1.90. The number of hydrogen-bond donors (Lipinski definition) is 3. The van der Waals surface area contributed by atoms with Crippen LogP contribution in [0.3, 0.4) is 0 Å². The van der Waals surface area contributed by atoms with Crippen LogP contribution in [0.4, 0.5) is 9.59 Å². The van der Waals surface area contributed by atoms with E-state index in [0.717, 1.165) is 24.0 Å². The standard InChI is InChI=1S/C22H26N4O4/c1-2-3-10-15-23-26-20(24-21(27)29-16-18-11-6-4-7-12-18)25-22(28)30-17-19-13-8-5-9-14-19/h2,4-9,11-14,23H,1,3,10,15-17H2,(H2,24,25,26,27,28). The molecule has 0 saturated heterocycles. The van der Waals surface area contributed by atoms with E-state index in [-0.39, 0.29) is 19.2 Å². The maximum Gasteiger partial charge on any atom is 0.414 e. The molecule has 0 aliphatic rings. The maximum atomic E-state index is 12.1. The molecule has 0 bridgehead atoms. The number of hydrazone groups is 1. The number of carbonyl (C=O) groups is 2. The predicted molar refractivity (Wildman–Crippen MR) is 114 cm³/mol. The van der Waals surface area contributed by atoms with E-state index in [2.05, 4.69) is 27.7 Å². The van der Waals surface area contributed by atoms with Crippen LogP contribution in [-0.4, -0.2) is 24.7 Å². The summed E-state index contributed by atoms with van der Waals surface area (Å²) in [6, 6.07) is 18.5. The Kier molecular flexibility index (Phi) is 10.0. The van der Waals surface area contributed by atoms with Crippen molar-refractivity contribution in [1.29, 1.82) is 0 Å². The van der Waals surface area contributed by atoms with Crippen LogP contribution in [-0.2, 0) is 22.7 Å². The van der Waals surface area contributed by atoms with Gasteiger partial charge < -0.3 is 14.9 Å². The zero-order valence-electron chi connectivity index (χ0n) is 16.7. The Morgan fingerprint density at radius 1 is 0.867 bits per heavy atom. The minimum absolute atomic E-state index is 0.0885. The van der Waals surface area contributed by atoms with Crippen molar-refractivity contribution in [2.75, 3.05) is 6.54 Å². The Labute approximate surface area is 176 Å². The van der Waals surface area contributed by atoms with Gasteiger partial charge in [-0.3, -0.25) is 10.6 Å². The Morgan fingerprint density at radius 2 is 1.37 bits per heavy atom. The second kappa shape index (κ2) is 13.4. The minimum Gasteiger partial charge on any atom is -0.444 e. The molecule has 2 rings (SSSR count). The quantitative estimate of drug-likeness (QED) is 0.193. The molecule has 0 aliphatic heterocycles. The molecule has 30 heavy (non-hydrogen) atoms. The number of allylic oxidation sites excluding steroid dienone is 1. The fraction of sp³-hybridized carbons (Fsp3) is 0.227. The molecule has 8 nitrogen and oxygen atoms in total. The molecule has 0 fully saturated rings. The molecule has 3 N–H and O–H groups in total. The first-order chi connectivity index (χ1) is 14.7. The van der Waals surface area contributed by atoms with Crippen LogP contribution in [0.2, 0.25) is 0 Å². The van der Waals surface area contributed by atoms with Crippen LogP contribution in [0.1, 0.15) is 24.0 Å². The summed E-state index contributed by atoms with van der Waals surface area (Å²) in [5, 5.41) is 8.80. The number of nitrogens with one attached hydrogen (secondary N) is 3. The van der Waals surface area contributed by atoms with E-state index in [9.17, 15) is 9.59 Å². The van der Waals surface area contributed by atoms with Crippen LogP contribution in [0.15, 0.2) is 78.4 Å². The lowest BCUT2D eigenvalue weighted by atomic mass is 10.2. The van der Waals surface area contributed by atoms with Crippen molar-refractivity contribution in [3.63, 3.8) is 0 Å². The Morgan fingerprint density at radius 3 is 1.83 bits per heavy atom. The number of ether oxygens (including phenoxy) is 2. The number of hydrogen-bond acceptors (Lipinski definition) is 6. The zero-order valence-corrected chi connectivity index (χ0v) is 16.7. The number of rotatable bonds is 9. The average molecular weight is 410 g/mol. The third-order valence-corrected chi connectivity index (χ3v) is 3.75. The van der Waals surface area contributed by atoms with E-state index in [1.807, 2.05) is 60.7 Å². The molecule has 8 heteroatoms. The van der Waals surface area contributed by atoms with E-state index in [1.54, 1.807) is 6.08 Å². The molecular weight excluding hydrogens is 384 g/mol. The molecule has 2 amide bonds. The lowest BCUT2D eigenvalue weighted by Crippen LogP contribution is -2.45. The number of unbranched alkanes of at least 4 members (excludes halogenated alkanes) is 1. The van der Waals surface area contributed by atoms with Gasteiger partial charge >= 0.3 is 12.2 Å². The smallest absolute Gasteiger partial charge is 0.414 e. The van der Waals surface area contributed by atoms with Crippen molar-refractivity contribution in [2.45, 2.75) is 26.1 Å². The molecule has 0 aliphatic carbocycles. The molecule has 0 radical (unpaired) electrons. The fourth-order valence-electron chi connectivity index (χ4n) is 2.26. The number of benzene rings is 2. The van der Waals surface area contributed by atoms with Gasteiger partial charge in [-0.2, -0.15) is 0 Å². The first kappa shape index (κ1) is 22.5. The first-order valence-corrected chi connectivity index (χ1v) is 9.54. The van der Waals surface area contributed by atoms with Gasteiger partial charge in [0.2, 0.25) is 5.96 Å². The maximum absolute atomic E-state index is 12.1. The molecule has 0 atom stereocenters. The van der Waals surface area contributed by atoms with E-state index < -0.39 is 12.2 Å². The number of nitrogens with zero attached hydrogens (tertiary/aromatic N) is 1. The second-order valence-corrected chi connectivity index (χ2v) is 6.17. The highest BCUT2D eigenvalue weighted by Gasteiger charge is 2.12. The Bertz CT molecular complexity index is 766. The van der Waals surface area contributed by atoms with Gasteiger partial charge in [-0.1, -0.05) is 66.7 Å². The molecule has 0 aromatic heterocycles. The molecule has 0 heterocycles. The fourth-order valence-corrected chi connectivity index (χ4v) is 2.26. The van der Waals surface area contributed by atoms with Crippen molar-refractivity contribution in [3.05, 3.63) is 84.4 Å². The Hall–Kier alpha value is -3.81. The molecule has 2 aromatic rings. The van der Waals surface area contributed by atoms with Crippen molar-refractivity contribution < 1.29 is 19.1 Å². The molecule has 0 saturated carbocycles. The van der Waals surface area contributed by atoms with Gasteiger partial charge in [-0.05, 0) is 24.0 Å². The van der Waals surface area contributed by atoms with E-state index in [4.69, 9.17) is 9.47 Å². The first-order valence-electron chi connectivity index (χ1n) is 9.54. The van der Waals surface area contributed by atoms with Crippen molar-refractivity contribution in [1.82, 2.24) is 16.1 Å². The third kappa shape index (κ3) is 9.41. The van der Waals surface area contributed by atoms with Crippen LogP contribution in [0.5, 0.6) is 0 Å². The lowest BCUT2D eigenvalue weighted by Gasteiger charge is -2.12. The van der Waals surface area contributed by atoms with Gasteiger partial charge in [0.1, 0.15) is 13.2 Å². The van der Waals surface area contributed by atoms with Gasteiger partial charge in [-0.15, -0.1) is 11.7 Å². The highest BCUT2D eigenvalue weighted by atomic mass is 16.6. The van der Waals surface area contributed by atoms with Crippen molar-refractivity contribution in [3.8, 4) is 0 Å². The Balaban J connectivity index is 1.86. The minimum atomic E-state index is -0.756. The molecule has 0 spiro atoms. The monoisotopic (exact) mass is 410 g/mol. The average Bonchev–Trinajstić information content (AvgIpc) is 2.77. The highest BCUT2D eigenvalue weighted by molar-refractivity contribution is 6.01. The number of amides is 2. The van der Waals surface area contributed by atoms with Crippen molar-refractivity contribution in [2.24, 2.45) is 5.10 Å². The van der Waals surface area contributed by atoms with Gasteiger partial charge in [0, 0.05) is 6.54 Å². The normalized spacial score (nSPS) is 9.73. The van der Waals surface area contributed by atoms with Crippen LogP contribution >= 0.6 is 0 Å². The predicted octanol–water partition coefficient (Wildman–Crippen LogP) is 3.67. The summed E-state index contributed by atoms with van der Waals surface area (Å²) in [6.45, 7) is 4.37. The van der Waals surface area contributed by atoms with E-state index >= 15 is 0 Å². The van der Waals surface area contributed by atoms with Gasteiger partial charge in [0.25, 0.3) is 0 Å². The van der Waals surface area contributed by atoms with E-state index in [0.29, 0.717) is 6.54 Å². The molecule has 2 aromatic carbocycles. The van der Waals surface area contributed by atoms with Gasteiger partial charge in [0.15, 0.2) is 0 Å². The number of alkyl carbamates (subject to hydrolysis) is 2. The topological polar surface area (TPSA) is 101 Å². The summed E-state index contributed by atoms with van der Waals surface area (Å²) in [5.41, 5.74) is 4.45.